The van der Waals surface area contributed by atoms with Crippen molar-refractivity contribution in [2.75, 3.05) is 0 Å². The van der Waals surface area contributed by atoms with Crippen LogP contribution >= 0.6 is 0 Å². The first-order chi connectivity index (χ1) is 18.8. The van der Waals surface area contributed by atoms with E-state index in [1.54, 1.807) is 18.2 Å². The molecule has 1 amide bonds. The van der Waals surface area contributed by atoms with Gasteiger partial charge < -0.3 is 25.1 Å². The molecule has 7 heteroatoms. The van der Waals surface area contributed by atoms with Crippen molar-refractivity contribution in [3.05, 3.63) is 88.8 Å². The molecule has 0 radical (unpaired) electrons. The van der Waals surface area contributed by atoms with Crippen molar-refractivity contribution in [3.8, 4) is 0 Å². The molecule has 218 valence electrons. The number of hydrogen-bond acceptors (Lipinski definition) is 6. The number of amides is 1. The number of carbonyl (C=O) groups is 1. The van der Waals surface area contributed by atoms with Gasteiger partial charge in [-0.05, 0) is 37.0 Å². The number of aliphatic hydroxyl groups is 2. The fourth-order valence-corrected chi connectivity index (χ4v) is 5.18. The summed E-state index contributed by atoms with van der Waals surface area (Å²) in [5, 5.41) is 22.9. The second-order valence-electron chi connectivity index (χ2n) is 11.0. The Hall–Kier alpha value is -3.42. The zero-order valence-corrected chi connectivity index (χ0v) is 24.5. The molecule has 4 N–H and O–H groups in total. The number of primary amides is 1. The quantitative estimate of drug-likeness (QED) is 0.145. The van der Waals surface area contributed by atoms with Crippen LogP contribution in [0.4, 0.5) is 4.79 Å². The number of ether oxygens (including phenoxy) is 1. The molecule has 0 fully saturated rings. The molecular formula is C33H45NO6. The standard InChI is InChI=1S/C33H45NO6/c1-8-9-10-22(4)32(40-33(34)38)25(7)31(37)24(6)18-20(2)17-23(5)30(36)21(3)11-12-26-13-14-27-15-16-29(35)39-28(27)19-26/h8-17,19,21-25,30-32,36-37H,1,18H2,2-7H3,(H2,34,38)/t21?,22?,23-,24-,25-,30-,31+,32-/m0/s1. The molecule has 2 aromatic rings. The van der Waals surface area contributed by atoms with Gasteiger partial charge in [0.05, 0.1) is 12.2 Å². The summed E-state index contributed by atoms with van der Waals surface area (Å²) in [6.45, 7) is 15.3. The van der Waals surface area contributed by atoms with Crippen molar-refractivity contribution < 1.29 is 24.2 Å². The van der Waals surface area contributed by atoms with Gasteiger partial charge in [-0.2, -0.15) is 0 Å². The van der Waals surface area contributed by atoms with Crippen LogP contribution in [0.3, 0.4) is 0 Å². The van der Waals surface area contributed by atoms with E-state index in [1.165, 1.54) is 6.07 Å². The van der Waals surface area contributed by atoms with E-state index >= 15 is 0 Å². The second kappa shape index (κ2) is 15.4. The van der Waals surface area contributed by atoms with E-state index in [0.29, 0.717) is 12.0 Å². The number of rotatable bonds is 14. The summed E-state index contributed by atoms with van der Waals surface area (Å²) in [5.41, 5.74) is 7.37. The Balaban J connectivity index is 2.03. The van der Waals surface area contributed by atoms with Gasteiger partial charge in [0.2, 0.25) is 0 Å². The highest BCUT2D eigenvalue weighted by molar-refractivity contribution is 5.79. The zero-order chi connectivity index (χ0) is 30.0. The number of hydrogen-bond donors (Lipinski definition) is 3. The van der Waals surface area contributed by atoms with Crippen LogP contribution in [0.5, 0.6) is 0 Å². The third-order valence-corrected chi connectivity index (χ3v) is 7.47. The van der Waals surface area contributed by atoms with Crippen molar-refractivity contribution in [3.63, 3.8) is 0 Å². The molecule has 0 bridgehead atoms. The monoisotopic (exact) mass is 551 g/mol. The number of nitrogens with two attached hydrogens (primary N) is 1. The fourth-order valence-electron chi connectivity index (χ4n) is 5.18. The van der Waals surface area contributed by atoms with E-state index < -0.39 is 30.0 Å². The van der Waals surface area contributed by atoms with Crippen LogP contribution in [-0.2, 0) is 4.74 Å². The topological polar surface area (TPSA) is 123 Å². The van der Waals surface area contributed by atoms with Crippen LogP contribution < -0.4 is 11.4 Å². The smallest absolute Gasteiger partial charge is 0.404 e. The highest BCUT2D eigenvalue weighted by Gasteiger charge is 2.33. The van der Waals surface area contributed by atoms with Gasteiger partial charge in [0, 0.05) is 35.1 Å². The molecule has 1 heterocycles. The van der Waals surface area contributed by atoms with E-state index in [-0.39, 0.29) is 29.6 Å². The Kier molecular flexibility index (Phi) is 12.6. The van der Waals surface area contributed by atoms with Crippen LogP contribution in [0.25, 0.3) is 17.0 Å². The lowest BCUT2D eigenvalue weighted by Gasteiger charge is -2.33. The minimum Gasteiger partial charge on any atom is -0.445 e. The minimum atomic E-state index is -0.871. The fraction of sp³-hybridized carbons (Fsp3) is 0.455. The van der Waals surface area contributed by atoms with Crippen molar-refractivity contribution in [2.45, 2.75) is 66.3 Å². The Bertz CT molecular complexity index is 1280. The molecule has 1 aromatic carbocycles. The van der Waals surface area contributed by atoms with Gasteiger partial charge in [0.15, 0.2) is 0 Å². The van der Waals surface area contributed by atoms with Crippen LogP contribution in [0.1, 0.15) is 53.5 Å². The Morgan fingerprint density at radius 1 is 1.02 bits per heavy atom. The largest absolute Gasteiger partial charge is 0.445 e. The number of fused-ring (bicyclic) bond motifs is 1. The molecule has 8 atom stereocenters. The maximum absolute atomic E-state index is 11.5. The van der Waals surface area contributed by atoms with E-state index in [1.807, 2.05) is 84.0 Å². The van der Waals surface area contributed by atoms with Gasteiger partial charge >= 0.3 is 11.7 Å². The normalized spacial score (nSPS) is 18.6. The average Bonchev–Trinajstić information content (AvgIpc) is 2.91. The molecule has 0 aliphatic carbocycles. The molecule has 0 spiro atoms. The highest BCUT2D eigenvalue weighted by atomic mass is 16.6. The van der Waals surface area contributed by atoms with Crippen molar-refractivity contribution in [2.24, 2.45) is 35.3 Å². The molecule has 0 aliphatic rings. The number of carbonyl (C=O) groups excluding carboxylic acids is 1. The SMILES string of the molecule is C=CC=CC(C)[C@H](OC(N)=O)[C@@H](C)[C@H](O)[C@@H](C)CC(C)=C[C@H](C)[C@@H](O)C(C)C=Cc1ccc2ccc(=O)oc2c1. The van der Waals surface area contributed by atoms with E-state index in [4.69, 9.17) is 14.9 Å². The van der Waals surface area contributed by atoms with E-state index in [2.05, 4.69) is 6.58 Å². The molecule has 2 rings (SSSR count). The maximum Gasteiger partial charge on any atom is 0.404 e. The first kappa shape index (κ1) is 32.8. The first-order valence-corrected chi connectivity index (χ1v) is 13.8. The van der Waals surface area contributed by atoms with Gasteiger partial charge in [-0.25, -0.2) is 9.59 Å². The van der Waals surface area contributed by atoms with Crippen LogP contribution in [0, 0.1) is 29.6 Å². The lowest BCUT2D eigenvalue weighted by molar-refractivity contribution is -0.0266. The average molecular weight is 552 g/mol. The van der Waals surface area contributed by atoms with Crippen molar-refractivity contribution in [1.29, 1.82) is 0 Å². The van der Waals surface area contributed by atoms with Gasteiger partial charge in [-0.15, -0.1) is 0 Å². The summed E-state index contributed by atoms with van der Waals surface area (Å²) < 4.78 is 10.6. The Morgan fingerprint density at radius 2 is 1.70 bits per heavy atom. The van der Waals surface area contributed by atoms with Gasteiger partial charge in [0.25, 0.3) is 0 Å². The van der Waals surface area contributed by atoms with Gasteiger partial charge in [0.1, 0.15) is 11.7 Å². The lowest BCUT2D eigenvalue weighted by atomic mass is 9.81. The number of allylic oxidation sites excluding steroid dienone is 3. The first-order valence-electron chi connectivity index (χ1n) is 13.8. The van der Waals surface area contributed by atoms with Crippen LogP contribution in [0.2, 0.25) is 0 Å². The Morgan fingerprint density at radius 3 is 2.35 bits per heavy atom. The van der Waals surface area contributed by atoms with Gasteiger partial charge in [-0.1, -0.05) is 95.4 Å². The minimum absolute atomic E-state index is 0.115. The third-order valence-electron chi connectivity index (χ3n) is 7.47. The summed E-state index contributed by atoms with van der Waals surface area (Å²) in [6, 6.07) is 8.77. The zero-order valence-electron chi connectivity index (χ0n) is 24.5. The molecule has 0 saturated carbocycles. The van der Waals surface area contributed by atoms with Crippen LogP contribution in [-0.4, -0.2) is 34.6 Å². The third kappa shape index (κ3) is 9.65. The lowest BCUT2D eigenvalue weighted by Crippen LogP contribution is -2.41. The number of benzene rings is 1. The molecule has 1 aromatic heterocycles. The summed E-state index contributed by atoms with van der Waals surface area (Å²) in [7, 11) is 0. The summed E-state index contributed by atoms with van der Waals surface area (Å²) in [5.74, 6) is -0.869. The molecule has 0 aliphatic heterocycles. The van der Waals surface area contributed by atoms with E-state index in [9.17, 15) is 19.8 Å². The predicted octanol–water partition coefficient (Wildman–Crippen LogP) is 6.25. The Labute approximate surface area is 237 Å². The highest BCUT2D eigenvalue weighted by Crippen LogP contribution is 2.29. The molecule has 40 heavy (non-hydrogen) atoms. The number of aliphatic hydroxyl groups excluding tert-OH is 2. The summed E-state index contributed by atoms with van der Waals surface area (Å²) >= 11 is 0. The van der Waals surface area contributed by atoms with Crippen LogP contribution in [0.15, 0.2) is 82.1 Å². The maximum atomic E-state index is 11.5. The summed E-state index contributed by atoms with van der Waals surface area (Å²) in [4.78, 5) is 23.0. The summed E-state index contributed by atoms with van der Waals surface area (Å²) in [6.07, 6.45) is 9.02. The van der Waals surface area contributed by atoms with E-state index in [0.717, 1.165) is 16.5 Å². The molecular weight excluding hydrogens is 506 g/mol. The van der Waals surface area contributed by atoms with Gasteiger partial charge in [-0.3, -0.25) is 0 Å². The van der Waals surface area contributed by atoms with Crippen molar-refractivity contribution in [1.82, 2.24) is 0 Å². The molecule has 7 nitrogen and oxygen atoms in total. The predicted molar refractivity (Wildman–Crippen MR) is 162 cm³/mol. The molecule has 2 unspecified atom stereocenters. The molecule has 0 saturated heterocycles. The van der Waals surface area contributed by atoms with Crippen molar-refractivity contribution >= 4 is 23.1 Å². The second-order valence-corrected chi connectivity index (χ2v) is 11.0.